The van der Waals surface area contributed by atoms with E-state index in [-0.39, 0.29) is 5.84 Å². The fourth-order valence-electron chi connectivity index (χ4n) is 1.68. The molecule has 0 aliphatic rings. The van der Waals surface area contributed by atoms with Crippen molar-refractivity contribution in [2.24, 2.45) is 10.9 Å². The molecule has 104 valence electrons. The minimum atomic E-state index is -0.0161. The topological polar surface area (TPSA) is 83.5 Å². The molecule has 0 fully saturated rings. The SMILES string of the molecule is N/C(=N/O)c1ncccc1CNc1ccc(Cl)cc1Br. The average molecular weight is 356 g/mol. The zero-order valence-electron chi connectivity index (χ0n) is 10.3. The number of rotatable bonds is 4. The van der Waals surface area contributed by atoms with E-state index in [1.54, 1.807) is 24.4 Å². The first-order valence-corrected chi connectivity index (χ1v) is 6.89. The highest BCUT2D eigenvalue weighted by Gasteiger charge is 2.08. The molecule has 0 bridgehead atoms. The van der Waals surface area contributed by atoms with Gasteiger partial charge in [-0.15, -0.1) is 0 Å². The van der Waals surface area contributed by atoms with Crippen LogP contribution in [0.5, 0.6) is 0 Å². The Morgan fingerprint density at radius 2 is 2.25 bits per heavy atom. The van der Waals surface area contributed by atoms with E-state index < -0.39 is 0 Å². The van der Waals surface area contributed by atoms with Crippen LogP contribution in [-0.4, -0.2) is 16.0 Å². The Balaban J connectivity index is 2.19. The highest BCUT2D eigenvalue weighted by atomic mass is 79.9. The second-order valence-corrected chi connectivity index (χ2v) is 5.26. The Morgan fingerprint density at radius 3 is 2.95 bits per heavy atom. The Kier molecular flexibility index (Phi) is 4.81. The summed E-state index contributed by atoms with van der Waals surface area (Å²) in [6, 6.07) is 9.12. The van der Waals surface area contributed by atoms with Gasteiger partial charge >= 0.3 is 0 Å². The summed E-state index contributed by atoms with van der Waals surface area (Å²) in [5.74, 6) is -0.0161. The molecule has 0 aliphatic heterocycles. The molecule has 4 N–H and O–H groups in total. The molecule has 5 nitrogen and oxygen atoms in total. The molecule has 1 aromatic carbocycles. The van der Waals surface area contributed by atoms with Gasteiger partial charge in [0.1, 0.15) is 5.69 Å². The van der Waals surface area contributed by atoms with Gasteiger partial charge in [-0.3, -0.25) is 4.98 Å². The number of hydrogen-bond donors (Lipinski definition) is 3. The van der Waals surface area contributed by atoms with Crippen molar-refractivity contribution in [2.75, 3.05) is 5.32 Å². The van der Waals surface area contributed by atoms with Crippen LogP contribution >= 0.6 is 27.5 Å². The molecule has 0 unspecified atom stereocenters. The Morgan fingerprint density at radius 1 is 1.45 bits per heavy atom. The van der Waals surface area contributed by atoms with Crippen molar-refractivity contribution < 1.29 is 5.21 Å². The molecule has 1 heterocycles. The average Bonchev–Trinajstić information content (AvgIpc) is 2.46. The smallest absolute Gasteiger partial charge is 0.189 e. The van der Waals surface area contributed by atoms with Crippen molar-refractivity contribution in [1.29, 1.82) is 0 Å². The first-order valence-electron chi connectivity index (χ1n) is 5.72. The van der Waals surface area contributed by atoms with Crippen LogP contribution in [0.2, 0.25) is 5.02 Å². The quantitative estimate of drug-likeness (QED) is 0.340. The molecule has 0 amide bonds. The van der Waals surface area contributed by atoms with Gasteiger partial charge in [0, 0.05) is 33.5 Å². The molecule has 0 aliphatic carbocycles. The summed E-state index contributed by atoms with van der Waals surface area (Å²) in [5, 5.41) is 15.6. The molecular weight excluding hydrogens is 344 g/mol. The molecule has 0 saturated heterocycles. The number of nitrogens with zero attached hydrogens (tertiary/aromatic N) is 2. The van der Waals surface area contributed by atoms with Gasteiger partial charge in [0.25, 0.3) is 0 Å². The monoisotopic (exact) mass is 354 g/mol. The van der Waals surface area contributed by atoms with Gasteiger partial charge in [0.05, 0.1) is 0 Å². The molecule has 1 aromatic heterocycles. The summed E-state index contributed by atoms with van der Waals surface area (Å²) in [6.45, 7) is 0.486. The highest BCUT2D eigenvalue weighted by Crippen LogP contribution is 2.26. The van der Waals surface area contributed by atoms with Gasteiger partial charge in [0.2, 0.25) is 0 Å². The predicted molar refractivity (Wildman–Crippen MR) is 83.2 cm³/mol. The van der Waals surface area contributed by atoms with Crippen LogP contribution in [0, 0.1) is 0 Å². The van der Waals surface area contributed by atoms with E-state index in [9.17, 15) is 0 Å². The molecule has 0 radical (unpaired) electrons. The lowest BCUT2D eigenvalue weighted by molar-refractivity contribution is 0.318. The highest BCUT2D eigenvalue weighted by molar-refractivity contribution is 9.10. The maximum atomic E-state index is 8.75. The van der Waals surface area contributed by atoms with Gasteiger partial charge < -0.3 is 16.3 Å². The fourth-order valence-corrected chi connectivity index (χ4v) is 2.51. The van der Waals surface area contributed by atoms with Gasteiger partial charge in [-0.25, -0.2) is 0 Å². The summed E-state index contributed by atoms with van der Waals surface area (Å²) in [7, 11) is 0. The number of aromatic nitrogens is 1. The molecule has 0 spiro atoms. The van der Waals surface area contributed by atoms with Crippen molar-refractivity contribution in [2.45, 2.75) is 6.54 Å². The lowest BCUT2D eigenvalue weighted by Crippen LogP contribution is -2.18. The normalized spacial score (nSPS) is 11.4. The minimum absolute atomic E-state index is 0.0161. The number of anilines is 1. The summed E-state index contributed by atoms with van der Waals surface area (Å²) < 4.78 is 0.860. The third-order valence-corrected chi connectivity index (χ3v) is 3.53. The van der Waals surface area contributed by atoms with Crippen molar-refractivity contribution >= 4 is 39.1 Å². The number of nitrogens with one attached hydrogen (secondary N) is 1. The predicted octanol–water partition coefficient (Wildman–Crippen LogP) is 3.20. The summed E-state index contributed by atoms with van der Waals surface area (Å²) >= 11 is 9.32. The molecule has 2 aromatic rings. The van der Waals surface area contributed by atoms with Crippen molar-refractivity contribution in [1.82, 2.24) is 4.98 Å². The molecule has 7 heteroatoms. The Hall–Kier alpha value is -1.79. The van der Waals surface area contributed by atoms with Crippen LogP contribution in [0.3, 0.4) is 0 Å². The van der Waals surface area contributed by atoms with Gasteiger partial charge in [-0.1, -0.05) is 22.8 Å². The van der Waals surface area contributed by atoms with Crippen LogP contribution in [0.4, 0.5) is 5.69 Å². The Labute approximate surface area is 129 Å². The standard InChI is InChI=1S/C13H12BrClN4O/c14-10-6-9(15)3-4-11(10)18-7-8-2-1-5-17-12(8)13(16)19-20/h1-6,18,20H,7H2,(H2,16,19). The van der Waals surface area contributed by atoms with Crippen molar-refractivity contribution in [3.8, 4) is 0 Å². The Bertz CT molecular complexity index is 648. The fraction of sp³-hybridized carbons (Fsp3) is 0.0769. The maximum absolute atomic E-state index is 8.75. The lowest BCUT2D eigenvalue weighted by Gasteiger charge is -2.11. The van der Waals surface area contributed by atoms with Crippen LogP contribution in [0.15, 0.2) is 46.2 Å². The second kappa shape index (κ2) is 6.58. The number of halogens is 2. The molecule has 2 rings (SSSR count). The zero-order chi connectivity index (χ0) is 14.5. The van der Waals surface area contributed by atoms with E-state index in [0.29, 0.717) is 17.3 Å². The van der Waals surface area contributed by atoms with E-state index in [1.165, 1.54) is 0 Å². The van der Waals surface area contributed by atoms with Crippen LogP contribution < -0.4 is 11.1 Å². The van der Waals surface area contributed by atoms with E-state index in [4.69, 9.17) is 22.5 Å². The van der Waals surface area contributed by atoms with Crippen LogP contribution in [0.25, 0.3) is 0 Å². The maximum Gasteiger partial charge on any atom is 0.189 e. The number of benzene rings is 1. The number of amidine groups is 1. The van der Waals surface area contributed by atoms with Gasteiger partial charge in [0.15, 0.2) is 5.84 Å². The first kappa shape index (κ1) is 14.6. The van der Waals surface area contributed by atoms with Crippen molar-refractivity contribution in [3.63, 3.8) is 0 Å². The van der Waals surface area contributed by atoms with E-state index in [0.717, 1.165) is 15.7 Å². The second-order valence-electron chi connectivity index (χ2n) is 3.97. The lowest BCUT2D eigenvalue weighted by atomic mass is 10.1. The number of nitrogens with two attached hydrogens (primary N) is 1. The van der Waals surface area contributed by atoms with Gasteiger partial charge in [-0.2, -0.15) is 0 Å². The number of hydrogen-bond acceptors (Lipinski definition) is 4. The molecule has 0 saturated carbocycles. The van der Waals surface area contributed by atoms with E-state index >= 15 is 0 Å². The van der Waals surface area contributed by atoms with E-state index in [2.05, 4.69) is 31.4 Å². The van der Waals surface area contributed by atoms with E-state index in [1.807, 2.05) is 12.1 Å². The van der Waals surface area contributed by atoms with Crippen LogP contribution in [0.1, 0.15) is 11.3 Å². The first-order chi connectivity index (χ1) is 9.61. The third kappa shape index (κ3) is 3.40. The van der Waals surface area contributed by atoms with Crippen LogP contribution in [-0.2, 0) is 6.54 Å². The molecule has 20 heavy (non-hydrogen) atoms. The molecular formula is C13H12BrClN4O. The summed E-state index contributed by atoms with van der Waals surface area (Å²) in [6.07, 6.45) is 1.59. The summed E-state index contributed by atoms with van der Waals surface area (Å²) in [5.41, 5.74) is 7.76. The largest absolute Gasteiger partial charge is 0.409 e. The van der Waals surface area contributed by atoms with Crippen molar-refractivity contribution in [3.05, 3.63) is 57.3 Å². The third-order valence-electron chi connectivity index (χ3n) is 2.64. The molecule has 0 atom stereocenters. The van der Waals surface area contributed by atoms with Gasteiger partial charge in [-0.05, 0) is 40.2 Å². The summed E-state index contributed by atoms with van der Waals surface area (Å²) in [4.78, 5) is 4.11. The number of pyridine rings is 1. The minimum Gasteiger partial charge on any atom is -0.409 e. The number of oxime groups is 1. The zero-order valence-corrected chi connectivity index (χ0v) is 12.7.